The topological polar surface area (TPSA) is 93.4 Å². The van der Waals surface area contributed by atoms with Gasteiger partial charge in [-0.1, -0.05) is 18.2 Å². The maximum Gasteiger partial charge on any atom is 0.257 e. The molecule has 1 unspecified atom stereocenters. The van der Waals surface area contributed by atoms with Gasteiger partial charge in [-0.2, -0.15) is 0 Å². The highest BCUT2D eigenvalue weighted by molar-refractivity contribution is 5.77. The van der Waals surface area contributed by atoms with Crippen LogP contribution in [0, 0.1) is 0 Å². The molecule has 2 heterocycles. The predicted octanol–water partition coefficient (Wildman–Crippen LogP) is 1.56. The van der Waals surface area contributed by atoms with Gasteiger partial charge in [-0.3, -0.25) is 9.69 Å². The Bertz CT molecular complexity index is 752. The zero-order chi connectivity index (χ0) is 18.4. The second-order valence-electron chi connectivity index (χ2n) is 6.48. The van der Waals surface area contributed by atoms with Gasteiger partial charge >= 0.3 is 0 Å². The van der Waals surface area contributed by atoms with Gasteiger partial charge < -0.3 is 15.8 Å². The number of para-hydroxylation sites is 1. The van der Waals surface area contributed by atoms with E-state index in [0.717, 1.165) is 49.5 Å². The molecule has 1 aliphatic rings. The van der Waals surface area contributed by atoms with Crippen molar-refractivity contribution in [3.63, 3.8) is 0 Å². The number of likely N-dealkylation sites (N-methyl/N-ethyl adjacent to an activating group) is 1. The van der Waals surface area contributed by atoms with E-state index in [1.54, 1.807) is 13.2 Å². The zero-order valence-electron chi connectivity index (χ0n) is 15.0. The van der Waals surface area contributed by atoms with Crippen LogP contribution in [0.4, 0.5) is 5.95 Å². The summed E-state index contributed by atoms with van der Waals surface area (Å²) in [7, 11) is 1.60. The third kappa shape index (κ3) is 4.70. The van der Waals surface area contributed by atoms with Crippen molar-refractivity contribution in [2.24, 2.45) is 0 Å². The maximum atomic E-state index is 11.4. The molecular formula is C19H25N5O2. The number of hydrogen-bond acceptors (Lipinski definition) is 6. The quantitative estimate of drug-likeness (QED) is 0.817. The number of aromatic nitrogens is 2. The molecule has 1 aromatic heterocycles. The van der Waals surface area contributed by atoms with Crippen molar-refractivity contribution in [2.45, 2.75) is 25.3 Å². The molecule has 1 amide bonds. The van der Waals surface area contributed by atoms with Gasteiger partial charge in [-0.25, -0.2) is 9.97 Å². The number of nitrogens with zero attached hydrogens (tertiary/aromatic N) is 3. The molecule has 0 aliphatic carbocycles. The molecule has 0 radical (unpaired) electrons. The number of likely N-dealkylation sites (tertiary alicyclic amines) is 1. The number of rotatable bonds is 6. The minimum Gasteiger partial charge on any atom is -0.483 e. The molecule has 2 aromatic rings. The predicted molar refractivity (Wildman–Crippen MR) is 99.7 cm³/mol. The summed E-state index contributed by atoms with van der Waals surface area (Å²) in [5.41, 5.74) is 7.82. The second-order valence-corrected chi connectivity index (χ2v) is 6.48. The lowest BCUT2D eigenvalue weighted by Gasteiger charge is -2.32. The number of amides is 1. The monoisotopic (exact) mass is 355 g/mol. The van der Waals surface area contributed by atoms with Gasteiger partial charge in [0.1, 0.15) is 5.75 Å². The van der Waals surface area contributed by atoms with E-state index in [0.29, 0.717) is 11.9 Å². The van der Waals surface area contributed by atoms with Crippen LogP contribution in [0.5, 0.6) is 5.75 Å². The number of nitrogen functional groups attached to an aromatic ring is 1. The Morgan fingerprint density at radius 1 is 1.38 bits per heavy atom. The van der Waals surface area contributed by atoms with Crippen molar-refractivity contribution in [3.05, 3.63) is 47.8 Å². The first-order valence-corrected chi connectivity index (χ1v) is 8.87. The third-order valence-electron chi connectivity index (χ3n) is 4.62. The Kier molecular flexibility index (Phi) is 6.01. The molecule has 1 atom stereocenters. The maximum absolute atomic E-state index is 11.4. The molecule has 3 N–H and O–H groups in total. The summed E-state index contributed by atoms with van der Waals surface area (Å²) in [5, 5.41) is 2.57. The van der Waals surface area contributed by atoms with Crippen LogP contribution in [0.25, 0.3) is 0 Å². The minimum absolute atomic E-state index is 0.0242. The molecule has 0 saturated carbocycles. The van der Waals surface area contributed by atoms with Crippen LogP contribution in [0.3, 0.4) is 0 Å². The molecule has 26 heavy (non-hydrogen) atoms. The van der Waals surface area contributed by atoms with E-state index in [1.807, 2.05) is 30.3 Å². The van der Waals surface area contributed by atoms with Crippen molar-refractivity contribution < 1.29 is 9.53 Å². The van der Waals surface area contributed by atoms with Gasteiger partial charge in [0, 0.05) is 37.8 Å². The Balaban J connectivity index is 1.66. The summed E-state index contributed by atoms with van der Waals surface area (Å²) >= 11 is 0. The van der Waals surface area contributed by atoms with E-state index >= 15 is 0 Å². The number of carbonyl (C=O) groups is 1. The minimum atomic E-state index is -0.140. The third-order valence-corrected chi connectivity index (χ3v) is 4.62. The van der Waals surface area contributed by atoms with Crippen LogP contribution in [-0.2, 0) is 11.3 Å². The normalized spacial score (nSPS) is 17.7. The first-order chi connectivity index (χ1) is 12.7. The van der Waals surface area contributed by atoms with E-state index in [2.05, 4.69) is 20.2 Å². The summed E-state index contributed by atoms with van der Waals surface area (Å²) in [4.78, 5) is 22.2. The zero-order valence-corrected chi connectivity index (χ0v) is 15.0. The lowest BCUT2D eigenvalue weighted by molar-refractivity contribution is -0.122. The van der Waals surface area contributed by atoms with Crippen molar-refractivity contribution in [3.8, 4) is 5.75 Å². The molecule has 1 aliphatic heterocycles. The fraction of sp³-hybridized carbons (Fsp3) is 0.421. The second kappa shape index (κ2) is 8.62. The largest absolute Gasteiger partial charge is 0.483 e. The summed E-state index contributed by atoms with van der Waals surface area (Å²) in [6.45, 7) is 2.75. The number of nitrogens with two attached hydrogens (primary N) is 1. The average Bonchev–Trinajstić information content (AvgIpc) is 2.67. The highest BCUT2D eigenvalue weighted by Gasteiger charge is 2.23. The molecular weight excluding hydrogens is 330 g/mol. The number of piperidine rings is 1. The van der Waals surface area contributed by atoms with Gasteiger partial charge in [-0.05, 0) is 31.5 Å². The van der Waals surface area contributed by atoms with Crippen LogP contribution in [0.15, 0.2) is 36.5 Å². The molecule has 7 nitrogen and oxygen atoms in total. The Morgan fingerprint density at radius 2 is 2.23 bits per heavy atom. The van der Waals surface area contributed by atoms with E-state index in [4.69, 9.17) is 10.5 Å². The van der Waals surface area contributed by atoms with Gasteiger partial charge in [0.2, 0.25) is 5.95 Å². The van der Waals surface area contributed by atoms with Crippen molar-refractivity contribution >= 4 is 11.9 Å². The molecule has 138 valence electrons. The average molecular weight is 355 g/mol. The van der Waals surface area contributed by atoms with Crippen LogP contribution in [0.1, 0.15) is 30.0 Å². The number of anilines is 1. The highest BCUT2D eigenvalue weighted by atomic mass is 16.5. The van der Waals surface area contributed by atoms with Gasteiger partial charge in [-0.15, -0.1) is 0 Å². The van der Waals surface area contributed by atoms with Crippen molar-refractivity contribution in [1.29, 1.82) is 0 Å². The van der Waals surface area contributed by atoms with E-state index in [-0.39, 0.29) is 12.5 Å². The Labute approximate surface area is 153 Å². The van der Waals surface area contributed by atoms with Crippen molar-refractivity contribution in [2.75, 3.05) is 32.5 Å². The van der Waals surface area contributed by atoms with Crippen LogP contribution in [-0.4, -0.2) is 47.5 Å². The molecule has 7 heteroatoms. The Hall–Kier alpha value is -2.67. The number of hydrogen-bond donors (Lipinski definition) is 2. The van der Waals surface area contributed by atoms with E-state index in [1.165, 1.54) is 0 Å². The molecule has 0 bridgehead atoms. The number of carbonyl (C=O) groups excluding carboxylic acids is 1. The molecule has 0 spiro atoms. The SMILES string of the molecule is CNC(=O)COc1ccccc1CN1CCCC(c2ccnc(N)n2)C1. The fourth-order valence-electron chi connectivity index (χ4n) is 3.29. The summed E-state index contributed by atoms with van der Waals surface area (Å²) in [6.07, 6.45) is 3.93. The summed E-state index contributed by atoms with van der Waals surface area (Å²) in [5.74, 6) is 1.30. The molecule has 1 fully saturated rings. The molecule has 1 saturated heterocycles. The van der Waals surface area contributed by atoms with Gasteiger partial charge in [0.15, 0.2) is 6.61 Å². The standard InChI is InChI=1S/C19H25N5O2/c1-21-18(25)13-26-17-7-3-2-5-15(17)12-24-10-4-6-14(11-24)16-8-9-22-19(20)23-16/h2-3,5,7-9,14H,4,6,10-13H2,1H3,(H,21,25)(H2,20,22,23). The number of benzene rings is 1. The van der Waals surface area contributed by atoms with Crippen LogP contribution >= 0.6 is 0 Å². The molecule has 3 rings (SSSR count). The van der Waals surface area contributed by atoms with E-state index < -0.39 is 0 Å². The smallest absolute Gasteiger partial charge is 0.257 e. The Morgan fingerprint density at radius 3 is 3.04 bits per heavy atom. The fourth-order valence-corrected chi connectivity index (χ4v) is 3.29. The number of ether oxygens (including phenoxy) is 1. The lowest BCUT2D eigenvalue weighted by Crippen LogP contribution is -2.34. The van der Waals surface area contributed by atoms with Gasteiger partial charge in [0.05, 0.1) is 5.69 Å². The van der Waals surface area contributed by atoms with E-state index in [9.17, 15) is 4.79 Å². The first kappa shape index (κ1) is 18.1. The highest BCUT2D eigenvalue weighted by Crippen LogP contribution is 2.28. The number of nitrogens with one attached hydrogen (secondary N) is 1. The molecule has 1 aromatic carbocycles. The van der Waals surface area contributed by atoms with Gasteiger partial charge in [0.25, 0.3) is 5.91 Å². The lowest BCUT2D eigenvalue weighted by atomic mass is 9.94. The van der Waals surface area contributed by atoms with Crippen LogP contribution < -0.4 is 15.8 Å². The summed E-state index contributed by atoms with van der Waals surface area (Å²) < 4.78 is 5.68. The first-order valence-electron chi connectivity index (χ1n) is 8.87. The summed E-state index contributed by atoms with van der Waals surface area (Å²) in [6, 6.07) is 9.82. The van der Waals surface area contributed by atoms with Crippen molar-refractivity contribution in [1.82, 2.24) is 20.2 Å². The van der Waals surface area contributed by atoms with Crippen LogP contribution in [0.2, 0.25) is 0 Å².